The number of nitrogens with zero attached hydrogens (tertiary/aromatic N) is 1. The van der Waals surface area contributed by atoms with Crippen molar-refractivity contribution >= 4 is 5.97 Å². The maximum Gasteiger partial charge on any atom is 0.344 e. The van der Waals surface area contributed by atoms with Gasteiger partial charge in [0, 0.05) is 12.5 Å². The summed E-state index contributed by atoms with van der Waals surface area (Å²) in [4.78, 5) is 11.6. The van der Waals surface area contributed by atoms with Crippen LogP contribution < -0.4 is 4.73 Å². The van der Waals surface area contributed by atoms with Crippen LogP contribution in [0.2, 0.25) is 0 Å². The molecule has 1 aromatic heterocycles. The Labute approximate surface area is 109 Å². The molecule has 0 aliphatic heterocycles. The van der Waals surface area contributed by atoms with Crippen LogP contribution in [-0.4, -0.2) is 13.1 Å². The smallest absolute Gasteiger partial charge is 0.344 e. The van der Waals surface area contributed by atoms with E-state index in [1.54, 1.807) is 18.2 Å². The molecule has 98 valence electrons. The molecular weight excluding hydrogens is 249 g/mol. The molecule has 19 heavy (non-hydrogen) atoms. The van der Waals surface area contributed by atoms with Gasteiger partial charge in [-0.3, -0.25) is 0 Å². The highest BCUT2D eigenvalue weighted by molar-refractivity contribution is 5.91. The van der Waals surface area contributed by atoms with E-state index in [-0.39, 0.29) is 17.1 Å². The van der Waals surface area contributed by atoms with Gasteiger partial charge in [-0.2, -0.15) is 4.73 Å². The summed E-state index contributed by atoms with van der Waals surface area (Å²) < 4.78 is 18.1. The minimum Gasteiger partial charge on any atom is -0.618 e. The molecule has 0 N–H and O–H groups in total. The number of benzene rings is 1. The molecule has 1 aromatic carbocycles. The number of hydrogen-bond acceptors (Lipinski definition) is 3. The van der Waals surface area contributed by atoms with Crippen LogP contribution in [0.25, 0.3) is 11.1 Å². The summed E-state index contributed by atoms with van der Waals surface area (Å²) in [7, 11) is 1.25. The number of esters is 1. The first-order chi connectivity index (χ1) is 9.02. The van der Waals surface area contributed by atoms with Gasteiger partial charge in [-0.1, -0.05) is 12.1 Å². The molecule has 0 atom stereocenters. The van der Waals surface area contributed by atoms with Gasteiger partial charge in [0.2, 0.25) is 5.69 Å². The van der Waals surface area contributed by atoms with Gasteiger partial charge in [0.05, 0.1) is 7.11 Å². The quantitative estimate of drug-likeness (QED) is 0.473. The fraction of sp³-hybridized carbons (Fsp3) is 0.143. The van der Waals surface area contributed by atoms with Gasteiger partial charge in [-0.05, 0) is 23.8 Å². The maximum absolute atomic E-state index is 12.9. The molecule has 4 nitrogen and oxygen atoms in total. The fourth-order valence-corrected chi connectivity index (χ4v) is 1.76. The summed E-state index contributed by atoms with van der Waals surface area (Å²) in [5.41, 5.74) is 1.63. The van der Waals surface area contributed by atoms with E-state index in [1.165, 1.54) is 32.4 Å². The molecule has 0 saturated heterocycles. The van der Waals surface area contributed by atoms with Gasteiger partial charge < -0.3 is 9.94 Å². The highest BCUT2D eigenvalue weighted by Crippen LogP contribution is 2.20. The van der Waals surface area contributed by atoms with Crippen molar-refractivity contribution in [2.75, 3.05) is 7.11 Å². The van der Waals surface area contributed by atoms with Crippen molar-refractivity contribution < 1.29 is 18.7 Å². The lowest BCUT2D eigenvalue weighted by molar-refractivity contribution is -0.611. The van der Waals surface area contributed by atoms with Crippen molar-refractivity contribution in [3.05, 3.63) is 58.8 Å². The normalized spacial score (nSPS) is 10.3. The molecule has 0 aliphatic rings. The van der Waals surface area contributed by atoms with Crippen LogP contribution in [0.15, 0.2) is 36.5 Å². The Bertz CT molecular complexity index is 623. The second-order valence-corrected chi connectivity index (χ2v) is 4.05. The van der Waals surface area contributed by atoms with Crippen LogP contribution >= 0.6 is 0 Å². The van der Waals surface area contributed by atoms with Gasteiger partial charge in [-0.25, -0.2) is 9.18 Å². The second kappa shape index (κ2) is 5.06. The number of carbonyl (C=O) groups excluding carboxylic acids is 1. The molecule has 2 aromatic rings. The van der Waals surface area contributed by atoms with Gasteiger partial charge in [0.25, 0.3) is 0 Å². The summed E-state index contributed by atoms with van der Waals surface area (Å²) in [6.45, 7) is 1.54. The molecule has 0 bridgehead atoms. The average molecular weight is 261 g/mol. The van der Waals surface area contributed by atoms with E-state index in [0.717, 1.165) is 0 Å². The van der Waals surface area contributed by atoms with Crippen LogP contribution in [0.4, 0.5) is 4.39 Å². The van der Waals surface area contributed by atoms with Crippen LogP contribution in [0.1, 0.15) is 16.1 Å². The third-order valence-electron chi connectivity index (χ3n) is 2.86. The number of methoxy groups -OCH3 is 1. The highest BCUT2D eigenvalue weighted by atomic mass is 19.1. The Morgan fingerprint density at radius 3 is 2.47 bits per heavy atom. The molecule has 0 saturated carbocycles. The average Bonchev–Trinajstić information content (AvgIpc) is 2.41. The summed E-state index contributed by atoms with van der Waals surface area (Å²) in [6.07, 6.45) is 1.34. The number of hydrogen-bond donors (Lipinski definition) is 0. The first kappa shape index (κ1) is 13.0. The number of halogens is 1. The van der Waals surface area contributed by atoms with E-state index in [1.807, 2.05) is 0 Å². The van der Waals surface area contributed by atoms with E-state index >= 15 is 0 Å². The lowest BCUT2D eigenvalue weighted by atomic mass is 10.0. The van der Waals surface area contributed by atoms with Crippen molar-refractivity contribution in [2.45, 2.75) is 6.92 Å². The van der Waals surface area contributed by atoms with Gasteiger partial charge in [0.1, 0.15) is 11.4 Å². The topological polar surface area (TPSA) is 53.2 Å². The maximum atomic E-state index is 12.9. The molecular formula is C14H12FNO3. The van der Waals surface area contributed by atoms with Crippen LogP contribution in [0.5, 0.6) is 0 Å². The standard InChI is InChI=1S/C14H12FNO3/c1-9-13(14(17)19-2)7-11(8-16(9)18)10-3-5-12(15)6-4-10/h3-8H,1-2H3. The van der Waals surface area contributed by atoms with Crippen molar-refractivity contribution in [3.63, 3.8) is 0 Å². The number of aromatic nitrogens is 1. The summed E-state index contributed by atoms with van der Waals surface area (Å²) in [5.74, 6) is -0.940. The number of pyridine rings is 1. The van der Waals surface area contributed by atoms with Crippen molar-refractivity contribution in [2.24, 2.45) is 0 Å². The monoisotopic (exact) mass is 261 g/mol. The molecule has 2 rings (SSSR count). The van der Waals surface area contributed by atoms with Crippen LogP contribution in [-0.2, 0) is 4.74 Å². The minimum absolute atomic E-state index is 0.194. The summed E-state index contributed by atoms with van der Waals surface area (Å²) in [6, 6.07) is 7.23. The molecule has 1 heterocycles. The van der Waals surface area contributed by atoms with Crippen molar-refractivity contribution in [1.29, 1.82) is 0 Å². The van der Waals surface area contributed by atoms with E-state index in [4.69, 9.17) is 0 Å². The first-order valence-electron chi connectivity index (χ1n) is 5.61. The third-order valence-corrected chi connectivity index (χ3v) is 2.86. The fourth-order valence-electron chi connectivity index (χ4n) is 1.76. The molecule has 0 radical (unpaired) electrons. The van der Waals surface area contributed by atoms with Crippen molar-refractivity contribution in [1.82, 2.24) is 0 Å². The molecule has 0 fully saturated rings. The van der Waals surface area contributed by atoms with Gasteiger partial charge in [0.15, 0.2) is 6.20 Å². The number of ether oxygens (including phenoxy) is 1. The Kier molecular flexibility index (Phi) is 3.46. The largest absolute Gasteiger partial charge is 0.618 e. The Hall–Kier alpha value is -2.43. The zero-order chi connectivity index (χ0) is 14.0. The van der Waals surface area contributed by atoms with E-state index < -0.39 is 5.97 Å². The SMILES string of the molecule is COC(=O)c1cc(-c2ccc(F)cc2)c[n+]([O-])c1C. The predicted molar refractivity (Wildman–Crippen MR) is 66.9 cm³/mol. The molecule has 0 unspecified atom stereocenters. The summed E-state index contributed by atoms with van der Waals surface area (Å²) >= 11 is 0. The van der Waals surface area contributed by atoms with E-state index in [9.17, 15) is 14.4 Å². The Morgan fingerprint density at radius 1 is 1.26 bits per heavy atom. The van der Waals surface area contributed by atoms with E-state index in [2.05, 4.69) is 4.74 Å². The summed E-state index contributed by atoms with van der Waals surface area (Å²) in [5, 5.41) is 11.8. The minimum atomic E-state index is -0.578. The molecule has 0 amide bonds. The molecule has 0 aliphatic carbocycles. The van der Waals surface area contributed by atoms with Gasteiger partial charge >= 0.3 is 5.97 Å². The number of rotatable bonds is 2. The third kappa shape index (κ3) is 2.54. The Balaban J connectivity index is 2.56. The van der Waals surface area contributed by atoms with Crippen molar-refractivity contribution in [3.8, 4) is 11.1 Å². The zero-order valence-corrected chi connectivity index (χ0v) is 10.5. The molecule has 0 spiro atoms. The Morgan fingerprint density at radius 2 is 1.89 bits per heavy atom. The van der Waals surface area contributed by atoms with Gasteiger partial charge in [-0.15, -0.1) is 0 Å². The zero-order valence-electron chi connectivity index (χ0n) is 10.5. The van der Waals surface area contributed by atoms with E-state index in [0.29, 0.717) is 15.9 Å². The molecule has 5 heteroatoms. The highest BCUT2D eigenvalue weighted by Gasteiger charge is 2.18. The second-order valence-electron chi connectivity index (χ2n) is 4.05. The van der Waals surface area contributed by atoms with Crippen LogP contribution in [0.3, 0.4) is 0 Å². The lowest BCUT2D eigenvalue weighted by Gasteiger charge is -2.08. The predicted octanol–water partition coefficient (Wildman–Crippen LogP) is 2.22. The van der Waals surface area contributed by atoms with Crippen LogP contribution in [0, 0.1) is 17.9 Å². The lowest BCUT2D eigenvalue weighted by Crippen LogP contribution is -2.32. The first-order valence-corrected chi connectivity index (χ1v) is 5.61. The number of carbonyl (C=O) groups is 1.